The Hall–Kier alpha value is -2.90. The molecule has 0 aromatic heterocycles. The van der Waals surface area contributed by atoms with Gasteiger partial charge in [0.25, 0.3) is 10.0 Å². The highest BCUT2D eigenvalue weighted by Crippen LogP contribution is 2.24. The Labute approximate surface area is 186 Å². The molecule has 0 bridgehead atoms. The van der Waals surface area contributed by atoms with Crippen LogP contribution >= 0.6 is 11.6 Å². The van der Waals surface area contributed by atoms with Crippen molar-refractivity contribution in [1.82, 2.24) is 4.90 Å². The van der Waals surface area contributed by atoms with Crippen molar-refractivity contribution in [2.75, 3.05) is 17.9 Å². The van der Waals surface area contributed by atoms with Crippen LogP contribution in [0.3, 0.4) is 0 Å². The summed E-state index contributed by atoms with van der Waals surface area (Å²) < 4.78 is 41.1. The van der Waals surface area contributed by atoms with Crippen LogP contribution in [0.15, 0.2) is 77.7 Å². The second kappa shape index (κ2) is 9.49. The number of rotatable bonds is 7. The molecule has 0 spiro atoms. The molecule has 5 nitrogen and oxygen atoms in total. The first-order chi connectivity index (χ1) is 14.7. The number of sulfonamides is 1. The number of carbonyl (C=O) groups excluding carboxylic acids is 1. The smallest absolute Gasteiger partial charge is 0.264 e. The van der Waals surface area contributed by atoms with Crippen molar-refractivity contribution in [3.8, 4) is 0 Å². The molecular formula is C23H22ClFN2O3S. The van der Waals surface area contributed by atoms with Gasteiger partial charge in [0, 0.05) is 18.6 Å². The summed E-state index contributed by atoms with van der Waals surface area (Å²) >= 11 is 5.90. The molecule has 1 amide bonds. The van der Waals surface area contributed by atoms with Crippen molar-refractivity contribution in [2.24, 2.45) is 0 Å². The van der Waals surface area contributed by atoms with Gasteiger partial charge in [0.15, 0.2) is 0 Å². The Morgan fingerprint density at radius 2 is 1.52 bits per heavy atom. The predicted molar refractivity (Wildman–Crippen MR) is 120 cm³/mol. The van der Waals surface area contributed by atoms with Crippen LogP contribution in [0.25, 0.3) is 0 Å². The monoisotopic (exact) mass is 460 g/mol. The molecule has 3 rings (SSSR count). The number of nitrogens with zero attached hydrogens (tertiary/aromatic N) is 2. The van der Waals surface area contributed by atoms with Gasteiger partial charge in [-0.2, -0.15) is 0 Å². The van der Waals surface area contributed by atoms with Gasteiger partial charge in [-0.1, -0.05) is 41.4 Å². The number of anilines is 1. The highest BCUT2D eigenvalue weighted by Gasteiger charge is 2.28. The van der Waals surface area contributed by atoms with Gasteiger partial charge in [-0.3, -0.25) is 9.10 Å². The predicted octanol–water partition coefficient (Wildman–Crippen LogP) is 4.64. The summed E-state index contributed by atoms with van der Waals surface area (Å²) in [5.74, 6) is -0.905. The minimum atomic E-state index is -4.04. The fourth-order valence-corrected chi connectivity index (χ4v) is 4.50. The maximum absolute atomic E-state index is 13.4. The third-order valence-corrected chi connectivity index (χ3v) is 6.80. The molecule has 31 heavy (non-hydrogen) atoms. The third kappa shape index (κ3) is 5.62. The molecule has 0 atom stereocenters. The Balaban J connectivity index is 1.89. The number of halogens is 2. The summed E-state index contributed by atoms with van der Waals surface area (Å²) in [5, 5.41) is 0.587. The Morgan fingerprint density at radius 3 is 2.10 bits per heavy atom. The lowest BCUT2D eigenvalue weighted by Gasteiger charge is -2.27. The van der Waals surface area contributed by atoms with E-state index in [0.717, 1.165) is 27.6 Å². The maximum atomic E-state index is 13.4. The second-order valence-electron chi connectivity index (χ2n) is 7.18. The molecule has 0 saturated heterocycles. The number of benzene rings is 3. The SMILES string of the molecule is Cc1ccc(S(=O)(=O)N(CC(=O)N(C)Cc2ccc(Cl)cc2)c2ccc(F)cc2)cc1. The molecule has 0 aliphatic heterocycles. The number of likely N-dealkylation sites (N-methyl/N-ethyl adjacent to an activating group) is 1. The van der Waals surface area contributed by atoms with E-state index in [-0.39, 0.29) is 17.1 Å². The van der Waals surface area contributed by atoms with Crippen LogP contribution < -0.4 is 4.31 Å². The van der Waals surface area contributed by atoms with Crippen LogP contribution in [0.1, 0.15) is 11.1 Å². The van der Waals surface area contributed by atoms with Crippen LogP contribution in [-0.2, 0) is 21.4 Å². The van der Waals surface area contributed by atoms with E-state index in [1.54, 1.807) is 43.4 Å². The van der Waals surface area contributed by atoms with Gasteiger partial charge in [-0.05, 0) is 61.0 Å². The summed E-state index contributed by atoms with van der Waals surface area (Å²) in [6, 6.07) is 18.4. The molecular weight excluding hydrogens is 439 g/mol. The van der Waals surface area contributed by atoms with E-state index in [2.05, 4.69) is 0 Å². The highest BCUT2D eigenvalue weighted by atomic mass is 35.5. The Morgan fingerprint density at radius 1 is 0.935 bits per heavy atom. The lowest BCUT2D eigenvalue weighted by Crippen LogP contribution is -2.41. The number of hydrogen-bond acceptors (Lipinski definition) is 3. The van der Waals surface area contributed by atoms with E-state index in [1.807, 2.05) is 6.92 Å². The normalized spacial score (nSPS) is 11.2. The average molecular weight is 461 g/mol. The fourth-order valence-electron chi connectivity index (χ4n) is 2.96. The lowest BCUT2D eigenvalue weighted by molar-refractivity contribution is -0.128. The van der Waals surface area contributed by atoms with E-state index in [9.17, 15) is 17.6 Å². The minimum Gasteiger partial charge on any atom is -0.340 e. The van der Waals surface area contributed by atoms with Gasteiger partial charge in [0.05, 0.1) is 10.6 Å². The maximum Gasteiger partial charge on any atom is 0.264 e. The van der Waals surface area contributed by atoms with Crippen LogP contribution in [0.2, 0.25) is 5.02 Å². The average Bonchev–Trinajstić information content (AvgIpc) is 2.74. The van der Waals surface area contributed by atoms with Crippen molar-refractivity contribution in [1.29, 1.82) is 0 Å². The van der Waals surface area contributed by atoms with Crippen molar-refractivity contribution >= 4 is 33.2 Å². The summed E-state index contributed by atoms with van der Waals surface area (Å²) in [7, 11) is -2.45. The van der Waals surface area contributed by atoms with Crippen LogP contribution in [0.5, 0.6) is 0 Å². The standard InChI is InChI=1S/C23H22ClFN2O3S/c1-17-3-13-22(14-4-17)31(29,30)27(21-11-9-20(25)10-12-21)16-23(28)26(2)15-18-5-7-19(24)8-6-18/h3-14H,15-16H2,1-2H3. The van der Waals surface area contributed by atoms with Gasteiger partial charge in [0.2, 0.25) is 5.91 Å². The number of aryl methyl sites for hydroxylation is 1. The van der Waals surface area contributed by atoms with E-state index < -0.39 is 28.3 Å². The van der Waals surface area contributed by atoms with Crippen molar-refractivity contribution in [3.63, 3.8) is 0 Å². The Bertz CT molecular complexity index is 1150. The molecule has 0 heterocycles. The summed E-state index contributed by atoms with van der Waals surface area (Å²) in [5.41, 5.74) is 1.97. The number of hydrogen-bond donors (Lipinski definition) is 0. The quantitative estimate of drug-likeness (QED) is 0.516. The molecule has 0 aliphatic carbocycles. The van der Waals surface area contributed by atoms with Gasteiger partial charge in [-0.15, -0.1) is 0 Å². The number of amides is 1. The van der Waals surface area contributed by atoms with Crippen LogP contribution in [0.4, 0.5) is 10.1 Å². The zero-order valence-electron chi connectivity index (χ0n) is 17.1. The topological polar surface area (TPSA) is 57.7 Å². The first kappa shape index (κ1) is 22.8. The van der Waals surface area contributed by atoms with Gasteiger partial charge >= 0.3 is 0 Å². The van der Waals surface area contributed by atoms with Crippen LogP contribution in [0, 0.1) is 12.7 Å². The third-order valence-electron chi connectivity index (χ3n) is 4.76. The van der Waals surface area contributed by atoms with Gasteiger partial charge in [-0.25, -0.2) is 12.8 Å². The molecule has 0 unspecified atom stereocenters. The minimum absolute atomic E-state index is 0.0515. The summed E-state index contributed by atoms with van der Waals surface area (Å²) in [4.78, 5) is 14.4. The molecule has 0 N–H and O–H groups in total. The van der Waals surface area contributed by atoms with Crippen molar-refractivity contribution in [3.05, 3.63) is 94.8 Å². The molecule has 3 aromatic carbocycles. The Kier molecular flexibility index (Phi) is 6.97. The van der Waals surface area contributed by atoms with Gasteiger partial charge in [0.1, 0.15) is 12.4 Å². The largest absolute Gasteiger partial charge is 0.340 e. The summed E-state index contributed by atoms with van der Waals surface area (Å²) in [6.07, 6.45) is 0. The molecule has 0 radical (unpaired) electrons. The van der Waals surface area contributed by atoms with E-state index in [1.165, 1.54) is 29.2 Å². The highest BCUT2D eigenvalue weighted by molar-refractivity contribution is 7.92. The zero-order chi connectivity index (χ0) is 22.6. The molecule has 8 heteroatoms. The van der Waals surface area contributed by atoms with E-state index >= 15 is 0 Å². The summed E-state index contributed by atoms with van der Waals surface area (Å²) in [6.45, 7) is 1.72. The lowest BCUT2D eigenvalue weighted by atomic mass is 10.2. The van der Waals surface area contributed by atoms with E-state index in [0.29, 0.717) is 5.02 Å². The van der Waals surface area contributed by atoms with Crippen molar-refractivity contribution < 1.29 is 17.6 Å². The van der Waals surface area contributed by atoms with E-state index in [4.69, 9.17) is 11.6 Å². The molecule has 0 fully saturated rings. The second-order valence-corrected chi connectivity index (χ2v) is 9.48. The molecule has 0 aliphatic rings. The van der Waals surface area contributed by atoms with Crippen molar-refractivity contribution in [2.45, 2.75) is 18.4 Å². The van der Waals surface area contributed by atoms with Crippen LogP contribution in [-0.4, -0.2) is 32.8 Å². The zero-order valence-corrected chi connectivity index (χ0v) is 18.7. The number of carbonyl (C=O) groups is 1. The fraction of sp³-hybridized carbons (Fsp3) is 0.174. The first-order valence-corrected chi connectivity index (χ1v) is 11.3. The first-order valence-electron chi connectivity index (χ1n) is 9.50. The molecule has 162 valence electrons. The van der Waals surface area contributed by atoms with Gasteiger partial charge < -0.3 is 4.90 Å². The molecule has 3 aromatic rings. The molecule has 0 saturated carbocycles.